The molecular weight excluding hydrogens is 128 g/mol. The summed E-state index contributed by atoms with van der Waals surface area (Å²) in [5, 5.41) is 0. The second kappa shape index (κ2) is 2.86. The van der Waals surface area contributed by atoms with Crippen LogP contribution in [-0.2, 0) is 4.74 Å². The summed E-state index contributed by atoms with van der Waals surface area (Å²) in [6.07, 6.45) is 3.91. The van der Waals surface area contributed by atoms with Gasteiger partial charge >= 0.3 is 0 Å². The first-order valence-electron chi connectivity index (χ1n) is 3.76. The quantitative estimate of drug-likeness (QED) is 0.516. The fraction of sp³-hybridized carbons (Fsp3) is 1.00. The molecule has 1 aliphatic rings. The van der Waals surface area contributed by atoms with Gasteiger partial charge in [0.1, 0.15) is 5.72 Å². The van der Waals surface area contributed by atoms with Gasteiger partial charge in [0.05, 0.1) is 0 Å². The van der Waals surface area contributed by atoms with Crippen molar-refractivity contribution in [1.29, 1.82) is 0 Å². The van der Waals surface area contributed by atoms with Crippen LogP contribution in [0.2, 0.25) is 0 Å². The van der Waals surface area contributed by atoms with Gasteiger partial charge in [0, 0.05) is 19.6 Å². The Kier molecular flexibility index (Phi) is 2.28. The number of methoxy groups -OCH3 is 1. The monoisotopic (exact) mass is 144 g/mol. The Bertz CT molecular complexity index is 118. The zero-order valence-electron chi connectivity index (χ0n) is 6.47. The first-order valence-corrected chi connectivity index (χ1v) is 3.76. The van der Waals surface area contributed by atoms with E-state index >= 15 is 0 Å². The molecule has 60 valence electrons. The van der Waals surface area contributed by atoms with Crippen LogP contribution in [-0.4, -0.2) is 18.9 Å². The maximum atomic E-state index is 5.85. The first kappa shape index (κ1) is 7.98. The average Bonchev–Trinajstić information content (AvgIpc) is 1.88. The summed E-state index contributed by atoms with van der Waals surface area (Å²) in [5.41, 5.74) is 11.1. The van der Waals surface area contributed by atoms with E-state index in [0.29, 0.717) is 0 Å². The molecule has 0 radical (unpaired) electrons. The molecule has 0 aromatic rings. The zero-order valence-corrected chi connectivity index (χ0v) is 6.47. The molecule has 2 atom stereocenters. The van der Waals surface area contributed by atoms with Gasteiger partial charge < -0.3 is 16.2 Å². The molecule has 0 heterocycles. The van der Waals surface area contributed by atoms with Gasteiger partial charge in [-0.25, -0.2) is 0 Å². The predicted octanol–water partition coefficient (Wildman–Crippen LogP) is 0.189. The highest BCUT2D eigenvalue weighted by atomic mass is 16.5. The van der Waals surface area contributed by atoms with Gasteiger partial charge in [0.2, 0.25) is 0 Å². The Morgan fingerprint density at radius 2 is 2.30 bits per heavy atom. The number of rotatable bonds is 1. The molecule has 0 saturated heterocycles. The van der Waals surface area contributed by atoms with Crippen LogP contribution in [0.15, 0.2) is 0 Å². The molecule has 3 nitrogen and oxygen atoms in total. The largest absolute Gasteiger partial charge is 0.364 e. The van der Waals surface area contributed by atoms with Crippen LogP contribution in [0.25, 0.3) is 0 Å². The zero-order chi connectivity index (χ0) is 7.61. The second-order valence-electron chi connectivity index (χ2n) is 3.13. The lowest BCUT2D eigenvalue weighted by Gasteiger charge is -2.34. The van der Waals surface area contributed by atoms with Crippen molar-refractivity contribution in [3.05, 3.63) is 0 Å². The molecule has 10 heavy (non-hydrogen) atoms. The van der Waals surface area contributed by atoms with E-state index in [9.17, 15) is 0 Å². The van der Waals surface area contributed by atoms with Gasteiger partial charge in [0.15, 0.2) is 0 Å². The Hall–Kier alpha value is -0.120. The van der Waals surface area contributed by atoms with Crippen molar-refractivity contribution in [3.63, 3.8) is 0 Å². The van der Waals surface area contributed by atoms with Crippen molar-refractivity contribution in [2.75, 3.05) is 7.11 Å². The van der Waals surface area contributed by atoms with Crippen LogP contribution in [0, 0.1) is 0 Å². The molecule has 0 spiro atoms. The first-order chi connectivity index (χ1) is 4.66. The molecule has 0 amide bonds. The van der Waals surface area contributed by atoms with E-state index in [1.165, 1.54) is 0 Å². The molecule has 3 heteroatoms. The van der Waals surface area contributed by atoms with E-state index in [-0.39, 0.29) is 6.04 Å². The van der Waals surface area contributed by atoms with Crippen LogP contribution >= 0.6 is 0 Å². The average molecular weight is 144 g/mol. The Morgan fingerprint density at radius 1 is 1.60 bits per heavy atom. The standard InChI is InChI=1S/C7H16N2O/c1-10-7(9)4-2-3-6(8)5-7/h6H,2-5,8-9H2,1H3. The van der Waals surface area contributed by atoms with E-state index in [0.717, 1.165) is 25.7 Å². The summed E-state index contributed by atoms with van der Waals surface area (Å²) in [7, 11) is 1.65. The van der Waals surface area contributed by atoms with Crippen molar-refractivity contribution < 1.29 is 4.74 Å². The van der Waals surface area contributed by atoms with Gasteiger partial charge in [-0.05, 0) is 19.3 Å². The van der Waals surface area contributed by atoms with Crippen molar-refractivity contribution in [2.24, 2.45) is 11.5 Å². The summed E-state index contributed by atoms with van der Waals surface area (Å²) in [5.74, 6) is 0. The van der Waals surface area contributed by atoms with E-state index in [4.69, 9.17) is 16.2 Å². The van der Waals surface area contributed by atoms with E-state index in [1.54, 1.807) is 7.11 Å². The van der Waals surface area contributed by atoms with Crippen LogP contribution in [0.5, 0.6) is 0 Å². The highest BCUT2D eigenvalue weighted by Crippen LogP contribution is 2.25. The molecule has 1 fully saturated rings. The molecule has 1 rings (SSSR count). The maximum Gasteiger partial charge on any atom is 0.117 e. The smallest absolute Gasteiger partial charge is 0.117 e. The minimum absolute atomic E-state index is 0.235. The summed E-state index contributed by atoms with van der Waals surface area (Å²) < 4.78 is 5.15. The molecule has 0 aromatic carbocycles. The number of nitrogens with two attached hydrogens (primary N) is 2. The summed E-state index contributed by atoms with van der Waals surface area (Å²) in [4.78, 5) is 0. The van der Waals surface area contributed by atoms with Gasteiger partial charge in [-0.2, -0.15) is 0 Å². The Morgan fingerprint density at radius 3 is 2.70 bits per heavy atom. The Labute approximate surface area is 61.7 Å². The van der Waals surface area contributed by atoms with Gasteiger partial charge in [-0.3, -0.25) is 0 Å². The molecule has 0 bridgehead atoms. The minimum atomic E-state index is -0.433. The van der Waals surface area contributed by atoms with Crippen LogP contribution in [0.1, 0.15) is 25.7 Å². The molecule has 2 unspecified atom stereocenters. The topological polar surface area (TPSA) is 61.3 Å². The normalized spacial score (nSPS) is 41.7. The lowest BCUT2D eigenvalue weighted by atomic mass is 9.89. The van der Waals surface area contributed by atoms with E-state index < -0.39 is 5.72 Å². The van der Waals surface area contributed by atoms with Crippen molar-refractivity contribution in [1.82, 2.24) is 0 Å². The van der Waals surface area contributed by atoms with Crippen LogP contribution in [0.3, 0.4) is 0 Å². The van der Waals surface area contributed by atoms with Crippen molar-refractivity contribution in [2.45, 2.75) is 37.5 Å². The molecule has 0 aromatic heterocycles. The van der Waals surface area contributed by atoms with Crippen molar-refractivity contribution >= 4 is 0 Å². The van der Waals surface area contributed by atoms with E-state index in [1.807, 2.05) is 0 Å². The van der Waals surface area contributed by atoms with Gasteiger partial charge in [-0.1, -0.05) is 0 Å². The molecule has 1 aliphatic carbocycles. The van der Waals surface area contributed by atoms with Crippen molar-refractivity contribution in [3.8, 4) is 0 Å². The lowest BCUT2D eigenvalue weighted by Crippen LogP contribution is -2.49. The summed E-state index contributed by atoms with van der Waals surface area (Å²) in [6, 6.07) is 0.235. The number of hydrogen-bond acceptors (Lipinski definition) is 3. The SMILES string of the molecule is COC1(N)CCCC(N)C1. The molecular formula is C7H16N2O. The third-order valence-corrected chi connectivity index (χ3v) is 2.19. The molecule has 4 N–H and O–H groups in total. The van der Waals surface area contributed by atoms with Gasteiger partial charge in [-0.15, -0.1) is 0 Å². The lowest BCUT2D eigenvalue weighted by molar-refractivity contribution is -0.0388. The highest BCUT2D eigenvalue weighted by molar-refractivity contribution is 4.84. The third-order valence-electron chi connectivity index (χ3n) is 2.19. The number of hydrogen-bond donors (Lipinski definition) is 2. The van der Waals surface area contributed by atoms with Gasteiger partial charge in [0.25, 0.3) is 0 Å². The van der Waals surface area contributed by atoms with Crippen LogP contribution in [0.4, 0.5) is 0 Å². The van der Waals surface area contributed by atoms with E-state index in [2.05, 4.69) is 0 Å². The minimum Gasteiger partial charge on any atom is -0.364 e. The molecule has 1 saturated carbocycles. The fourth-order valence-corrected chi connectivity index (χ4v) is 1.50. The number of ether oxygens (including phenoxy) is 1. The Balaban J connectivity index is 2.45. The second-order valence-corrected chi connectivity index (χ2v) is 3.13. The van der Waals surface area contributed by atoms with Crippen LogP contribution < -0.4 is 11.5 Å². The highest BCUT2D eigenvalue weighted by Gasteiger charge is 2.30. The summed E-state index contributed by atoms with van der Waals surface area (Å²) in [6.45, 7) is 0. The third kappa shape index (κ3) is 1.68. The summed E-state index contributed by atoms with van der Waals surface area (Å²) >= 11 is 0. The fourth-order valence-electron chi connectivity index (χ4n) is 1.50. The molecule has 0 aliphatic heterocycles. The predicted molar refractivity (Wildman–Crippen MR) is 40.4 cm³/mol. The maximum absolute atomic E-state index is 5.85.